The summed E-state index contributed by atoms with van der Waals surface area (Å²) in [7, 11) is 2.24. The highest BCUT2D eigenvalue weighted by Gasteiger charge is 2.33. The lowest BCUT2D eigenvalue weighted by molar-refractivity contribution is -0.137. The number of hydrogen-bond acceptors (Lipinski definition) is 5. The molecule has 33 heavy (non-hydrogen) atoms. The van der Waals surface area contributed by atoms with E-state index < -0.39 is 17.5 Å². The zero-order chi connectivity index (χ0) is 24.0. The first-order valence-corrected chi connectivity index (χ1v) is 11.7. The first kappa shape index (κ1) is 25.4. The van der Waals surface area contributed by atoms with Gasteiger partial charge in [-0.1, -0.05) is 13.3 Å². The maximum absolute atomic E-state index is 13.0. The number of phenolic OH excluding ortho intramolecular Hbond substituents is 1. The Kier molecular flexibility index (Phi) is 8.70. The number of nitrogens with zero attached hydrogens (tertiary/aromatic N) is 3. The second-order valence-electron chi connectivity index (χ2n) is 9.10. The van der Waals surface area contributed by atoms with E-state index in [4.69, 9.17) is 4.74 Å². The fourth-order valence-corrected chi connectivity index (χ4v) is 4.64. The van der Waals surface area contributed by atoms with E-state index in [1.807, 2.05) is 6.07 Å². The van der Waals surface area contributed by atoms with Crippen LogP contribution in [0.5, 0.6) is 5.75 Å². The lowest BCUT2D eigenvalue weighted by atomic mass is 9.94. The van der Waals surface area contributed by atoms with Crippen LogP contribution in [0.25, 0.3) is 11.3 Å². The second kappa shape index (κ2) is 11.3. The van der Waals surface area contributed by atoms with E-state index in [2.05, 4.69) is 29.1 Å². The lowest BCUT2D eigenvalue weighted by Crippen LogP contribution is -2.31. The molecule has 0 spiro atoms. The summed E-state index contributed by atoms with van der Waals surface area (Å²) < 4.78 is 44.3. The van der Waals surface area contributed by atoms with Crippen molar-refractivity contribution in [3.05, 3.63) is 40.6 Å². The number of ether oxygens (including phenoxy) is 1. The van der Waals surface area contributed by atoms with Gasteiger partial charge in [-0.05, 0) is 87.9 Å². The molecule has 1 saturated heterocycles. The first-order valence-electron chi connectivity index (χ1n) is 11.7. The van der Waals surface area contributed by atoms with Crippen LogP contribution in [0, 0.1) is 12.8 Å². The van der Waals surface area contributed by atoms with Crippen LogP contribution < -0.4 is 0 Å². The van der Waals surface area contributed by atoms with E-state index in [1.54, 1.807) is 6.92 Å². The number of rotatable bonds is 2. The molecule has 1 fully saturated rings. The van der Waals surface area contributed by atoms with Crippen molar-refractivity contribution in [1.29, 1.82) is 0 Å². The zero-order valence-electron chi connectivity index (χ0n) is 19.7. The number of hydrogen-bond donors (Lipinski definition) is 1. The van der Waals surface area contributed by atoms with Crippen molar-refractivity contribution in [2.45, 2.75) is 65.2 Å². The Morgan fingerprint density at radius 1 is 1.15 bits per heavy atom. The standard InChI is InChI=1S/C16H15F3N2O2.C9H19N/c1-9-5-10-3-2-4-23-8-11-6-12(16(17,18)19)7-13(22)14(11)15(10)21-20-9;1-3-5-9-6-4-7-10(2)8-9/h5-7,22H,2-4,8H2,1H3;9H,3-8H2,1-2H3. The topological polar surface area (TPSA) is 58.5 Å². The minimum Gasteiger partial charge on any atom is -0.507 e. The average molecular weight is 466 g/mol. The number of aromatic nitrogens is 2. The molecule has 5 nitrogen and oxygen atoms in total. The highest BCUT2D eigenvalue weighted by Crippen LogP contribution is 2.40. The molecule has 1 N–H and O–H groups in total. The molecule has 2 aromatic rings. The molecule has 2 aliphatic rings. The van der Waals surface area contributed by atoms with Crippen LogP contribution in [0.3, 0.4) is 0 Å². The van der Waals surface area contributed by atoms with Gasteiger partial charge in [-0.3, -0.25) is 0 Å². The number of halogens is 3. The first-order chi connectivity index (χ1) is 15.7. The van der Waals surface area contributed by atoms with Gasteiger partial charge in [-0.15, -0.1) is 5.10 Å². The summed E-state index contributed by atoms with van der Waals surface area (Å²) in [5.74, 6) is 0.545. The number of aryl methyl sites for hydroxylation is 2. The van der Waals surface area contributed by atoms with Gasteiger partial charge in [-0.25, -0.2) is 0 Å². The van der Waals surface area contributed by atoms with Crippen molar-refractivity contribution in [3.63, 3.8) is 0 Å². The molecule has 1 aromatic heterocycles. The van der Waals surface area contributed by atoms with Gasteiger partial charge in [0.25, 0.3) is 0 Å². The van der Waals surface area contributed by atoms with Crippen molar-refractivity contribution in [2.75, 3.05) is 26.7 Å². The number of benzene rings is 1. The van der Waals surface area contributed by atoms with Crippen LogP contribution >= 0.6 is 0 Å². The number of likely N-dealkylation sites (tertiary alicyclic amines) is 1. The summed E-state index contributed by atoms with van der Waals surface area (Å²) in [6.45, 7) is 7.16. The van der Waals surface area contributed by atoms with Crippen LogP contribution in [0.2, 0.25) is 0 Å². The molecule has 3 heterocycles. The Labute approximate surface area is 194 Å². The second-order valence-corrected chi connectivity index (χ2v) is 9.10. The van der Waals surface area contributed by atoms with E-state index in [0.717, 1.165) is 35.7 Å². The Hall–Kier alpha value is -2.19. The third-order valence-corrected chi connectivity index (χ3v) is 6.17. The molecule has 182 valence electrons. The van der Waals surface area contributed by atoms with Crippen LogP contribution in [0.4, 0.5) is 13.2 Å². The van der Waals surface area contributed by atoms with Crippen LogP contribution in [0.1, 0.15) is 61.4 Å². The molecule has 8 heteroatoms. The quantitative estimate of drug-likeness (QED) is 0.610. The molecule has 4 rings (SSSR count). The summed E-state index contributed by atoms with van der Waals surface area (Å²) in [5, 5.41) is 18.3. The van der Waals surface area contributed by atoms with Gasteiger partial charge in [-0.2, -0.15) is 18.3 Å². The van der Waals surface area contributed by atoms with Gasteiger partial charge < -0.3 is 14.7 Å². The maximum atomic E-state index is 13.0. The third kappa shape index (κ3) is 6.90. The van der Waals surface area contributed by atoms with E-state index >= 15 is 0 Å². The number of fused-ring (bicyclic) bond motifs is 3. The van der Waals surface area contributed by atoms with Gasteiger partial charge in [0.15, 0.2) is 0 Å². The number of aromatic hydroxyl groups is 1. The van der Waals surface area contributed by atoms with Gasteiger partial charge in [0.05, 0.1) is 17.9 Å². The Morgan fingerprint density at radius 3 is 2.64 bits per heavy atom. The molecule has 0 aliphatic carbocycles. The Morgan fingerprint density at radius 2 is 1.94 bits per heavy atom. The molecule has 2 aliphatic heterocycles. The number of phenols is 1. The fourth-order valence-electron chi connectivity index (χ4n) is 4.64. The zero-order valence-corrected chi connectivity index (χ0v) is 19.7. The van der Waals surface area contributed by atoms with Crippen molar-refractivity contribution in [2.24, 2.45) is 5.92 Å². The molecule has 0 amide bonds. The van der Waals surface area contributed by atoms with E-state index in [1.165, 1.54) is 38.8 Å². The minimum absolute atomic E-state index is 0.0121. The summed E-state index contributed by atoms with van der Waals surface area (Å²) >= 11 is 0. The van der Waals surface area contributed by atoms with Gasteiger partial charge in [0.2, 0.25) is 0 Å². The van der Waals surface area contributed by atoms with Crippen molar-refractivity contribution >= 4 is 0 Å². The molecule has 1 aromatic carbocycles. The lowest BCUT2D eigenvalue weighted by Gasteiger charge is -2.29. The molecule has 0 radical (unpaired) electrons. The van der Waals surface area contributed by atoms with Gasteiger partial charge in [0, 0.05) is 18.7 Å². The summed E-state index contributed by atoms with van der Waals surface area (Å²) in [4.78, 5) is 2.46. The normalized spacial score (nSPS) is 19.3. The van der Waals surface area contributed by atoms with Gasteiger partial charge in [0.1, 0.15) is 11.4 Å². The summed E-state index contributed by atoms with van der Waals surface area (Å²) in [6.07, 6.45) is 2.53. The van der Waals surface area contributed by atoms with Crippen molar-refractivity contribution < 1.29 is 23.0 Å². The average Bonchev–Trinajstić information content (AvgIpc) is 2.82. The van der Waals surface area contributed by atoms with E-state index in [-0.39, 0.29) is 17.7 Å². The monoisotopic (exact) mass is 465 g/mol. The fraction of sp³-hybridized carbons (Fsp3) is 0.600. The highest BCUT2D eigenvalue weighted by molar-refractivity contribution is 5.74. The molecule has 1 unspecified atom stereocenters. The smallest absolute Gasteiger partial charge is 0.416 e. The van der Waals surface area contributed by atoms with Crippen molar-refractivity contribution in [1.82, 2.24) is 15.1 Å². The molecule has 1 atom stereocenters. The van der Waals surface area contributed by atoms with Crippen LogP contribution in [-0.4, -0.2) is 46.9 Å². The maximum Gasteiger partial charge on any atom is 0.416 e. The predicted octanol–water partition coefficient (Wildman–Crippen LogP) is 5.77. The summed E-state index contributed by atoms with van der Waals surface area (Å²) in [6, 6.07) is 3.57. The Balaban J connectivity index is 0.000000257. The van der Waals surface area contributed by atoms with Crippen LogP contribution in [-0.2, 0) is 23.9 Å². The Bertz CT molecular complexity index is 932. The third-order valence-electron chi connectivity index (χ3n) is 6.17. The largest absolute Gasteiger partial charge is 0.507 e. The molecular weight excluding hydrogens is 431 g/mol. The van der Waals surface area contributed by atoms with E-state index in [9.17, 15) is 18.3 Å². The minimum atomic E-state index is -4.53. The summed E-state index contributed by atoms with van der Waals surface area (Å²) in [5.41, 5.74) is 1.61. The number of piperidine rings is 1. The molecule has 0 bridgehead atoms. The highest BCUT2D eigenvalue weighted by atomic mass is 19.4. The van der Waals surface area contributed by atoms with Gasteiger partial charge >= 0.3 is 6.18 Å². The molecule has 0 saturated carbocycles. The predicted molar refractivity (Wildman–Crippen MR) is 122 cm³/mol. The number of alkyl halides is 3. The van der Waals surface area contributed by atoms with Crippen LogP contribution in [0.15, 0.2) is 18.2 Å². The molecular formula is C25H34F3N3O2. The van der Waals surface area contributed by atoms with Crippen molar-refractivity contribution in [3.8, 4) is 17.0 Å². The SMILES string of the molecule is CCCC1CCCN(C)C1.Cc1cc2c(nn1)-c1c(O)cc(C(F)(F)F)cc1COCCC2. The van der Waals surface area contributed by atoms with E-state index in [0.29, 0.717) is 18.7 Å².